The molecule has 0 aliphatic carbocycles. The van der Waals surface area contributed by atoms with Gasteiger partial charge in [-0.25, -0.2) is 0 Å². The van der Waals surface area contributed by atoms with Crippen LogP contribution < -0.4 is 10.2 Å². The minimum Gasteiger partial charge on any atom is -0.370 e. The molecule has 5 rings (SSSR count). The lowest BCUT2D eigenvalue weighted by Gasteiger charge is -2.61. The lowest BCUT2D eigenvalue weighted by atomic mass is 9.72. The van der Waals surface area contributed by atoms with Gasteiger partial charge in [0.1, 0.15) is 0 Å². The fourth-order valence-electron chi connectivity index (χ4n) is 4.93. The van der Waals surface area contributed by atoms with Crippen LogP contribution in [0.1, 0.15) is 29.9 Å². The number of rotatable bonds is 4. The molecule has 144 valence electrons. The number of piperidine rings is 1. The number of amides is 2. The number of imide groups is 1. The molecule has 0 saturated carbocycles. The molecule has 0 bridgehead atoms. The molecular formula is C23H25N3O2. The molecule has 3 aliphatic heterocycles. The van der Waals surface area contributed by atoms with E-state index in [9.17, 15) is 9.59 Å². The van der Waals surface area contributed by atoms with E-state index in [1.165, 1.54) is 24.3 Å². The zero-order valence-electron chi connectivity index (χ0n) is 15.9. The first-order valence-corrected chi connectivity index (χ1v) is 10.1. The maximum absolute atomic E-state index is 12.0. The molecule has 5 heteroatoms. The highest BCUT2D eigenvalue weighted by atomic mass is 16.2. The third kappa shape index (κ3) is 3.20. The number of hydrogen-bond donors (Lipinski definition) is 1. The Labute approximate surface area is 165 Å². The van der Waals surface area contributed by atoms with Crippen LogP contribution in [0, 0.1) is 5.41 Å². The third-order valence-electron chi connectivity index (χ3n) is 6.32. The Bertz CT molecular complexity index is 880. The van der Waals surface area contributed by atoms with E-state index in [4.69, 9.17) is 0 Å². The van der Waals surface area contributed by atoms with Gasteiger partial charge in [-0.1, -0.05) is 42.5 Å². The number of benzene rings is 2. The van der Waals surface area contributed by atoms with Gasteiger partial charge in [0.15, 0.2) is 0 Å². The SMILES string of the molecule is O=C1CCC(c2ccc(N3CC4(CN(Cc5ccccc5)C4)C3)cc2)C(=O)N1. The molecule has 1 spiro atoms. The molecule has 1 atom stereocenters. The van der Waals surface area contributed by atoms with Crippen LogP contribution in [-0.2, 0) is 16.1 Å². The molecule has 3 fully saturated rings. The summed E-state index contributed by atoms with van der Waals surface area (Å²) in [5.41, 5.74) is 4.07. The van der Waals surface area contributed by atoms with E-state index in [1.54, 1.807) is 0 Å². The highest BCUT2D eigenvalue weighted by Crippen LogP contribution is 2.42. The Kier molecular flexibility index (Phi) is 4.20. The Morgan fingerprint density at radius 3 is 2.32 bits per heavy atom. The van der Waals surface area contributed by atoms with Gasteiger partial charge in [-0.2, -0.15) is 0 Å². The Hall–Kier alpha value is -2.66. The average Bonchev–Trinajstić information content (AvgIpc) is 2.64. The molecule has 2 aromatic carbocycles. The predicted octanol–water partition coefficient (Wildman–Crippen LogP) is 2.53. The standard InChI is InChI=1S/C23H25N3O2/c27-21-11-10-20(22(28)24-21)18-6-8-19(9-7-18)26-15-23(16-26)13-25(14-23)12-17-4-2-1-3-5-17/h1-9,20H,10-16H2,(H,24,27,28). The van der Waals surface area contributed by atoms with Gasteiger partial charge in [0, 0.05) is 50.2 Å². The van der Waals surface area contributed by atoms with E-state index in [0.29, 0.717) is 18.3 Å². The second-order valence-electron chi connectivity index (χ2n) is 8.58. The minimum atomic E-state index is -0.201. The van der Waals surface area contributed by atoms with Gasteiger partial charge < -0.3 is 4.90 Å². The van der Waals surface area contributed by atoms with Gasteiger partial charge in [0.2, 0.25) is 11.8 Å². The van der Waals surface area contributed by atoms with E-state index in [1.807, 2.05) is 12.1 Å². The van der Waals surface area contributed by atoms with Crippen molar-refractivity contribution in [3.05, 3.63) is 65.7 Å². The van der Waals surface area contributed by atoms with Crippen LogP contribution in [-0.4, -0.2) is 42.9 Å². The van der Waals surface area contributed by atoms with E-state index >= 15 is 0 Å². The summed E-state index contributed by atoms with van der Waals surface area (Å²) in [6, 6.07) is 19.0. The normalized spacial score (nSPS) is 23.9. The largest absolute Gasteiger partial charge is 0.370 e. The number of nitrogens with zero attached hydrogens (tertiary/aromatic N) is 2. The number of carbonyl (C=O) groups excluding carboxylic acids is 2. The Balaban J connectivity index is 1.14. The topological polar surface area (TPSA) is 52.7 Å². The summed E-state index contributed by atoms with van der Waals surface area (Å²) in [6.45, 7) is 5.61. The summed E-state index contributed by atoms with van der Waals surface area (Å²) in [6.07, 6.45) is 1.03. The molecule has 2 aromatic rings. The van der Waals surface area contributed by atoms with Crippen molar-refractivity contribution in [1.82, 2.24) is 10.2 Å². The molecule has 3 aliphatic rings. The second kappa shape index (κ2) is 6.74. The van der Waals surface area contributed by atoms with Gasteiger partial charge >= 0.3 is 0 Å². The van der Waals surface area contributed by atoms with Crippen LogP contribution in [0.2, 0.25) is 0 Å². The number of carbonyl (C=O) groups is 2. The number of nitrogens with one attached hydrogen (secondary N) is 1. The van der Waals surface area contributed by atoms with Crippen LogP contribution >= 0.6 is 0 Å². The number of likely N-dealkylation sites (tertiary alicyclic amines) is 1. The first kappa shape index (κ1) is 17.4. The summed E-state index contributed by atoms with van der Waals surface area (Å²) in [5.74, 6) is -0.530. The van der Waals surface area contributed by atoms with Crippen molar-refractivity contribution in [2.75, 3.05) is 31.1 Å². The number of hydrogen-bond acceptors (Lipinski definition) is 4. The number of anilines is 1. The van der Waals surface area contributed by atoms with Gasteiger partial charge in [-0.15, -0.1) is 0 Å². The zero-order chi connectivity index (χ0) is 19.1. The van der Waals surface area contributed by atoms with Crippen molar-refractivity contribution in [3.8, 4) is 0 Å². The molecule has 1 N–H and O–H groups in total. The second-order valence-corrected chi connectivity index (χ2v) is 8.58. The van der Waals surface area contributed by atoms with Gasteiger partial charge in [-0.05, 0) is 29.7 Å². The van der Waals surface area contributed by atoms with Crippen LogP contribution in [0.4, 0.5) is 5.69 Å². The first-order chi connectivity index (χ1) is 13.6. The van der Waals surface area contributed by atoms with Crippen LogP contribution in [0.15, 0.2) is 54.6 Å². The van der Waals surface area contributed by atoms with Crippen molar-refractivity contribution in [1.29, 1.82) is 0 Å². The van der Waals surface area contributed by atoms with Crippen molar-refractivity contribution >= 4 is 17.5 Å². The maximum atomic E-state index is 12.0. The van der Waals surface area contributed by atoms with E-state index in [0.717, 1.165) is 25.2 Å². The fourth-order valence-corrected chi connectivity index (χ4v) is 4.93. The van der Waals surface area contributed by atoms with Crippen molar-refractivity contribution in [3.63, 3.8) is 0 Å². The highest BCUT2D eigenvalue weighted by Gasteiger charge is 2.51. The molecule has 3 saturated heterocycles. The Morgan fingerprint density at radius 2 is 1.64 bits per heavy atom. The lowest BCUT2D eigenvalue weighted by Crippen LogP contribution is -2.71. The van der Waals surface area contributed by atoms with Crippen molar-refractivity contribution in [2.45, 2.75) is 25.3 Å². The first-order valence-electron chi connectivity index (χ1n) is 10.1. The van der Waals surface area contributed by atoms with Gasteiger partial charge in [-0.3, -0.25) is 19.8 Å². The maximum Gasteiger partial charge on any atom is 0.234 e. The van der Waals surface area contributed by atoms with Crippen LogP contribution in [0.3, 0.4) is 0 Å². The summed E-state index contributed by atoms with van der Waals surface area (Å²) in [4.78, 5) is 28.3. The minimum absolute atomic E-state index is 0.162. The Morgan fingerprint density at radius 1 is 0.929 bits per heavy atom. The van der Waals surface area contributed by atoms with E-state index in [-0.39, 0.29) is 17.7 Å². The molecular weight excluding hydrogens is 350 g/mol. The van der Waals surface area contributed by atoms with Gasteiger partial charge in [0.05, 0.1) is 5.92 Å². The zero-order valence-corrected chi connectivity index (χ0v) is 15.9. The summed E-state index contributed by atoms with van der Waals surface area (Å²) < 4.78 is 0. The summed E-state index contributed by atoms with van der Waals surface area (Å²) >= 11 is 0. The van der Waals surface area contributed by atoms with Crippen LogP contribution in [0.25, 0.3) is 0 Å². The quantitative estimate of drug-likeness (QED) is 0.835. The van der Waals surface area contributed by atoms with E-state index < -0.39 is 0 Å². The third-order valence-corrected chi connectivity index (χ3v) is 6.32. The molecule has 2 amide bonds. The highest BCUT2D eigenvalue weighted by molar-refractivity contribution is 6.00. The van der Waals surface area contributed by atoms with Crippen molar-refractivity contribution in [2.24, 2.45) is 5.41 Å². The molecule has 5 nitrogen and oxygen atoms in total. The fraction of sp³-hybridized carbons (Fsp3) is 0.391. The summed E-state index contributed by atoms with van der Waals surface area (Å²) in [7, 11) is 0. The lowest BCUT2D eigenvalue weighted by molar-refractivity contribution is -0.134. The van der Waals surface area contributed by atoms with Crippen molar-refractivity contribution < 1.29 is 9.59 Å². The monoisotopic (exact) mass is 375 g/mol. The van der Waals surface area contributed by atoms with Gasteiger partial charge in [0.25, 0.3) is 0 Å². The summed E-state index contributed by atoms with van der Waals surface area (Å²) in [5, 5.41) is 2.44. The molecule has 0 aromatic heterocycles. The molecule has 3 heterocycles. The van der Waals surface area contributed by atoms with Crippen LogP contribution in [0.5, 0.6) is 0 Å². The van der Waals surface area contributed by atoms with E-state index in [2.05, 4.69) is 57.6 Å². The average molecular weight is 375 g/mol. The smallest absolute Gasteiger partial charge is 0.234 e. The molecule has 1 unspecified atom stereocenters. The molecule has 28 heavy (non-hydrogen) atoms. The predicted molar refractivity (Wildman–Crippen MR) is 108 cm³/mol. The molecule has 0 radical (unpaired) electrons.